The van der Waals surface area contributed by atoms with Crippen LogP contribution in [0, 0.1) is 0 Å². The second kappa shape index (κ2) is 7.54. The average Bonchev–Trinajstić information content (AvgIpc) is 3.33. The maximum absolute atomic E-state index is 12.0. The first-order valence-corrected chi connectivity index (χ1v) is 9.28. The van der Waals surface area contributed by atoms with Crippen LogP contribution in [-0.4, -0.2) is 11.0 Å². The van der Waals surface area contributed by atoms with Crippen molar-refractivity contribution in [2.75, 3.05) is 0 Å². The van der Waals surface area contributed by atoms with Gasteiger partial charge in [0.1, 0.15) is 6.61 Å². The van der Waals surface area contributed by atoms with Crippen LogP contribution < -0.4 is 0 Å². The molecular weight excluding hydrogens is 346 g/mol. The highest BCUT2D eigenvalue weighted by Crippen LogP contribution is 2.26. The van der Waals surface area contributed by atoms with Gasteiger partial charge in [0.05, 0.1) is 12.6 Å². The summed E-state index contributed by atoms with van der Waals surface area (Å²) in [4.78, 5) is 16.3. The van der Waals surface area contributed by atoms with Gasteiger partial charge < -0.3 is 9.15 Å². The van der Waals surface area contributed by atoms with Gasteiger partial charge in [-0.2, -0.15) is 0 Å². The molecule has 0 fully saturated rings. The third-order valence-corrected chi connectivity index (χ3v) is 5.12. The molecule has 2 aromatic heterocycles. The fraction of sp³-hybridized carbons (Fsp3) is 0.143. The van der Waals surface area contributed by atoms with E-state index in [1.165, 1.54) is 4.70 Å². The number of nitrogens with zero attached hydrogens (tertiary/aromatic N) is 1. The third kappa shape index (κ3) is 3.68. The van der Waals surface area contributed by atoms with Crippen LogP contribution in [0.4, 0.5) is 0 Å². The summed E-state index contributed by atoms with van der Waals surface area (Å²) in [6.07, 6.45) is 2.36. The van der Waals surface area contributed by atoms with Crippen molar-refractivity contribution in [3.05, 3.63) is 77.6 Å². The topological polar surface area (TPSA) is 52.3 Å². The molecule has 0 amide bonds. The zero-order valence-corrected chi connectivity index (χ0v) is 14.9. The van der Waals surface area contributed by atoms with Crippen molar-refractivity contribution >= 4 is 27.4 Å². The van der Waals surface area contributed by atoms with Crippen molar-refractivity contribution in [3.8, 4) is 11.3 Å². The summed E-state index contributed by atoms with van der Waals surface area (Å²) in [6, 6.07) is 17.9. The average molecular weight is 363 g/mol. The molecule has 0 aliphatic rings. The van der Waals surface area contributed by atoms with Gasteiger partial charge in [-0.05, 0) is 16.8 Å². The van der Waals surface area contributed by atoms with Crippen molar-refractivity contribution in [2.24, 2.45) is 0 Å². The molecule has 4 aromatic rings. The Bertz CT molecular complexity index is 1020. The van der Waals surface area contributed by atoms with E-state index in [2.05, 4.69) is 11.1 Å². The molecule has 2 heterocycles. The summed E-state index contributed by atoms with van der Waals surface area (Å²) >= 11 is 1.66. The maximum atomic E-state index is 12.0. The number of aryl methyl sites for hydroxylation is 1. The second-order valence-electron chi connectivity index (χ2n) is 5.90. The number of aromatic nitrogens is 1. The smallest absolute Gasteiger partial charge is 0.306 e. The highest BCUT2D eigenvalue weighted by Gasteiger charge is 2.11. The normalized spacial score (nSPS) is 10.9. The van der Waals surface area contributed by atoms with Crippen LogP contribution in [0.2, 0.25) is 0 Å². The first-order valence-electron chi connectivity index (χ1n) is 8.40. The quantitative estimate of drug-likeness (QED) is 0.440. The predicted octanol–water partition coefficient (Wildman–Crippen LogP) is 5.23. The number of oxazole rings is 1. The summed E-state index contributed by atoms with van der Waals surface area (Å²) in [5, 5.41) is 3.18. The Morgan fingerprint density at radius 2 is 1.88 bits per heavy atom. The Balaban J connectivity index is 1.31. The minimum atomic E-state index is -0.250. The Labute approximate surface area is 155 Å². The van der Waals surface area contributed by atoms with Crippen molar-refractivity contribution in [1.29, 1.82) is 0 Å². The van der Waals surface area contributed by atoms with E-state index in [1.807, 2.05) is 53.9 Å². The lowest BCUT2D eigenvalue weighted by Gasteiger charge is -2.03. The van der Waals surface area contributed by atoms with Gasteiger partial charge in [-0.15, -0.1) is 11.3 Å². The zero-order valence-electron chi connectivity index (χ0n) is 14.1. The number of rotatable bonds is 6. The van der Waals surface area contributed by atoms with Gasteiger partial charge in [0.15, 0.2) is 11.7 Å². The molecule has 0 bridgehead atoms. The minimum Gasteiger partial charge on any atom is -0.461 e. The van der Waals surface area contributed by atoms with Crippen LogP contribution in [0.1, 0.15) is 17.9 Å². The van der Waals surface area contributed by atoms with Crippen LogP contribution in [0.25, 0.3) is 21.4 Å². The van der Waals surface area contributed by atoms with Gasteiger partial charge >= 0.3 is 5.97 Å². The van der Waals surface area contributed by atoms with Crippen LogP contribution >= 0.6 is 11.3 Å². The van der Waals surface area contributed by atoms with E-state index >= 15 is 0 Å². The monoisotopic (exact) mass is 363 g/mol. The summed E-state index contributed by atoms with van der Waals surface area (Å²) < 4.78 is 12.3. The fourth-order valence-corrected chi connectivity index (χ4v) is 3.69. The molecule has 5 heteroatoms. The molecule has 0 atom stereocenters. The van der Waals surface area contributed by atoms with Crippen molar-refractivity contribution in [1.82, 2.24) is 4.98 Å². The molecule has 4 nitrogen and oxygen atoms in total. The predicted molar refractivity (Wildman–Crippen MR) is 102 cm³/mol. The van der Waals surface area contributed by atoms with E-state index < -0.39 is 0 Å². The standard InChI is InChI=1S/C21H17NO3S/c23-21(24-13-16-14-26-19-9-5-4-8-17(16)19)11-10-20-22-12-18(25-20)15-6-2-1-3-7-15/h1-9,12,14H,10-11,13H2. The first-order chi connectivity index (χ1) is 12.8. The van der Waals surface area contributed by atoms with E-state index in [0.29, 0.717) is 24.7 Å². The number of ether oxygens (including phenoxy) is 1. The molecule has 130 valence electrons. The zero-order chi connectivity index (χ0) is 17.8. The molecule has 0 saturated heterocycles. The molecule has 0 spiro atoms. The molecule has 26 heavy (non-hydrogen) atoms. The van der Waals surface area contributed by atoms with Crippen LogP contribution in [0.15, 0.2) is 70.6 Å². The lowest BCUT2D eigenvalue weighted by molar-refractivity contribution is -0.144. The molecule has 0 aliphatic carbocycles. The van der Waals surface area contributed by atoms with E-state index in [1.54, 1.807) is 17.5 Å². The number of benzene rings is 2. The summed E-state index contributed by atoms with van der Waals surface area (Å²) in [5.74, 6) is 1.00. The Morgan fingerprint density at radius 3 is 2.77 bits per heavy atom. The fourth-order valence-electron chi connectivity index (χ4n) is 2.75. The van der Waals surface area contributed by atoms with Gasteiger partial charge in [0.2, 0.25) is 0 Å². The van der Waals surface area contributed by atoms with E-state index in [4.69, 9.17) is 9.15 Å². The van der Waals surface area contributed by atoms with E-state index in [-0.39, 0.29) is 12.4 Å². The molecule has 0 aliphatic heterocycles. The summed E-state index contributed by atoms with van der Waals surface area (Å²) in [7, 11) is 0. The van der Waals surface area contributed by atoms with Gasteiger partial charge in [0, 0.05) is 22.2 Å². The van der Waals surface area contributed by atoms with Crippen LogP contribution in [0.5, 0.6) is 0 Å². The number of fused-ring (bicyclic) bond motifs is 1. The lowest BCUT2D eigenvalue weighted by Crippen LogP contribution is -2.05. The van der Waals surface area contributed by atoms with Gasteiger partial charge in [0.25, 0.3) is 0 Å². The van der Waals surface area contributed by atoms with Gasteiger partial charge in [-0.1, -0.05) is 48.5 Å². The molecular formula is C21H17NO3S. The van der Waals surface area contributed by atoms with E-state index in [9.17, 15) is 4.79 Å². The molecule has 0 saturated carbocycles. The molecule has 0 unspecified atom stereocenters. The van der Waals surface area contributed by atoms with Gasteiger partial charge in [-0.3, -0.25) is 4.79 Å². The Kier molecular flexibility index (Phi) is 4.80. The largest absolute Gasteiger partial charge is 0.461 e. The van der Waals surface area contributed by atoms with Crippen molar-refractivity contribution in [3.63, 3.8) is 0 Å². The number of esters is 1. The summed E-state index contributed by atoms with van der Waals surface area (Å²) in [5.41, 5.74) is 2.01. The summed E-state index contributed by atoms with van der Waals surface area (Å²) in [6.45, 7) is 0.295. The Hall–Kier alpha value is -2.92. The Morgan fingerprint density at radius 1 is 1.08 bits per heavy atom. The molecule has 0 N–H and O–H groups in total. The highest BCUT2D eigenvalue weighted by atomic mass is 32.1. The van der Waals surface area contributed by atoms with Crippen LogP contribution in [-0.2, 0) is 22.6 Å². The molecule has 4 rings (SSSR count). The van der Waals surface area contributed by atoms with Crippen molar-refractivity contribution < 1.29 is 13.9 Å². The number of hydrogen-bond acceptors (Lipinski definition) is 5. The molecule has 0 radical (unpaired) electrons. The van der Waals surface area contributed by atoms with E-state index in [0.717, 1.165) is 16.5 Å². The number of carbonyl (C=O) groups excluding carboxylic acids is 1. The number of thiophene rings is 1. The third-order valence-electron chi connectivity index (χ3n) is 4.10. The lowest BCUT2D eigenvalue weighted by atomic mass is 10.2. The van der Waals surface area contributed by atoms with Gasteiger partial charge in [-0.25, -0.2) is 4.98 Å². The maximum Gasteiger partial charge on any atom is 0.306 e. The second-order valence-corrected chi connectivity index (χ2v) is 6.81. The first kappa shape index (κ1) is 16.5. The number of hydrogen-bond donors (Lipinski definition) is 0. The van der Waals surface area contributed by atoms with Crippen molar-refractivity contribution in [2.45, 2.75) is 19.4 Å². The highest BCUT2D eigenvalue weighted by molar-refractivity contribution is 7.17. The SMILES string of the molecule is O=C(CCc1ncc(-c2ccccc2)o1)OCc1csc2ccccc12. The van der Waals surface area contributed by atoms with Crippen LogP contribution in [0.3, 0.4) is 0 Å². The molecule has 2 aromatic carbocycles. The minimum absolute atomic E-state index is 0.247. The number of carbonyl (C=O) groups is 1.